The molecule has 1 N–H and O–H groups in total. The Kier molecular flexibility index (Phi) is 6.38. The van der Waals surface area contributed by atoms with Gasteiger partial charge in [0.05, 0.1) is 19.1 Å². The molecule has 2 aliphatic heterocycles. The van der Waals surface area contributed by atoms with E-state index in [1.165, 1.54) is 18.0 Å². The third-order valence-electron chi connectivity index (χ3n) is 6.60. The predicted molar refractivity (Wildman–Crippen MR) is 132 cm³/mol. The minimum Gasteiger partial charge on any atom is -0.496 e. The summed E-state index contributed by atoms with van der Waals surface area (Å²) in [5, 5.41) is 5.05. The van der Waals surface area contributed by atoms with Gasteiger partial charge in [-0.15, -0.1) is 0 Å². The number of hydrogen-bond donors (Lipinski definition) is 1. The number of hydrogen-bond acceptors (Lipinski definition) is 8. The Morgan fingerprint density at radius 2 is 1.91 bits per heavy atom. The Morgan fingerprint density at radius 3 is 2.62 bits per heavy atom. The maximum atomic E-state index is 11.9. The molecule has 2 unspecified atom stereocenters. The average molecular weight is 481 g/mol. The van der Waals surface area contributed by atoms with Crippen LogP contribution in [0.5, 0.6) is 11.5 Å². The van der Waals surface area contributed by atoms with E-state index in [1.54, 1.807) is 14.2 Å². The van der Waals surface area contributed by atoms with E-state index in [9.17, 15) is 4.79 Å². The molecule has 8 nitrogen and oxygen atoms in total. The highest BCUT2D eigenvalue weighted by atomic mass is 32.2. The van der Waals surface area contributed by atoms with Crippen LogP contribution in [0.4, 0.5) is 5.82 Å². The minimum atomic E-state index is 0.0368. The van der Waals surface area contributed by atoms with Crippen molar-refractivity contribution in [1.29, 1.82) is 0 Å². The van der Waals surface area contributed by atoms with Crippen LogP contribution >= 0.6 is 11.9 Å². The summed E-state index contributed by atoms with van der Waals surface area (Å²) >= 11 is 1.41. The Bertz CT molecular complexity index is 1200. The Morgan fingerprint density at radius 1 is 1.18 bits per heavy atom. The number of amides is 1. The molecule has 9 heteroatoms. The number of carbonyl (C=O) groups is 1. The molecule has 0 bridgehead atoms. The first kappa shape index (κ1) is 22.6. The van der Waals surface area contributed by atoms with Crippen molar-refractivity contribution in [2.24, 2.45) is 11.8 Å². The van der Waals surface area contributed by atoms with Crippen molar-refractivity contribution in [2.45, 2.75) is 11.4 Å². The van der Waals surface area contributed by atoms with Crippen LogP contribution in [0.3, 0.4) is 0 Å². The first-order chi connectivity index (χ1) is 16.6. The largest absolute Gasteiger partial charge is 0.496 e. The molecular formula is C25H28N4O4S. The van der Waals surface area contributed by atoms with Gasteiger partial charge in [0, 0.05) is 32.7 Å². The number of ether oxygens (including phenoxy) is 2. The van der Waals surface area contributed by atoms with Gasteiger partial charge in [-0.2, -0.15) is 0 Å². The molecule has 2 atom stereocenters. The maximum Gasteiger partial charge on any atom is 0.245 e. The van der Waals surface area contributed by atoms with E-state index in [4.69, 9.17) is 14.0 Å². The van der Waals surface area contributed by atoms with E-state index in [-0.39, 0.29) is 5.91 Å². The van der Waals surface area contributed by atoms with E-state index < -0.39 is 0 Å². The summed E-state index contributed by atoms with van der Waals surface area (Å²) < 4.78 is 20.1. The lowest BCUT2D eigenvalue weighted by Crippen LogP contribution is -2.31. The highest BCUT2D eigenvalue weighted by Crippen LogP contribution is 2.38. The van der Waals surface area contributed by atoms with Gasteiger partial charge in [0.25, 0.3) is 0 Å². The number of anilines is 1. The van der Waals surface area contributed by atoms with Crippen LogP contribution in [0.2, 0.25) is 0 Å². The number of rotatable bonds is 8. The summed E-state index contributed by atoms with van der Waals surface area (Å²) in [7, 11) is 3.31. The van der Waals surface area contributed by atoms with Gasteiger partial charge in [0.15, 0.2) is 11.4 Å². The first-order valence-electron chi connectivity index (χ1n) is 11.3. The van der Waals surface area contributed by atoms with Gasteiger partial charge in [0.2, 0.25) is 5.91 Å². The second kappa shape index (κ2) is 9.60. The Hall–Kier alpha value is -3.17. The van der Waals surface area contributed by atoms with Crippen LogP contribution in [0, 0.1) is 11.8 Å². The number of para-hydroxylation sites is 1. The molecule has 1 aromatic heterocycles. The zero-order valence-electron chi connectivity index (χ0n) is 19.3. The van der Waals surface area contributed by atoms with Crippen molar-refractivity contribution in [3.63, 3.8) is 0 Å². The molecule has 2 aliphatic rings. The molecule has 2 saturated heterocycles. The van der Waals surface area contributed by atoms with Crippen LogP contribution < -0.4 is 14.2 Å². The normalized spacial score (nSPS) is 19.9. The predicted octanol–water partition coefficient (Wildman–Crippen LogP) is 4.04. The standard InChI is InChI=1S/C25H28N4O4S/c1-4-23(30)29-14-17-12-28(13-18(17)15-29)11-16-9-20(32-3)24-21(10-16)33-26-25(24)27-34-22-8-6-5-7-19(22)31-2/h4-10,17-18H,1,11-15H2,2-3H3,(H,26,27). The molecule has 0 saturated carbocycles. The summed E-state index contributed by atoms with van der Waals surface area (Å²) in [6, 6.07) is 11.9. The fourth-order valence-corrected chi connectivity index (χ4v) is 5.75. The number of nitrogens with one attached hydrogen (secondary N) is 1. The Balaban J connectivity index is 1.28. The maximum absolute atomic E-state index is 11.9. The quantitative estimate of drug-likeness (QED) is 0.382. The van der Waals surface area contributed by atoms with Gasteiger partial charge in [0.1, 0.15) is 16.9 Å². The molecule has 1 amide bonds. The van der Waals surface area contributed by atoms with Crippen LogP contribution in [-0.4, -0.2) is 61.3 Å². The number of carbonyl (C=O) groups excluding carboxylic acids is 1. The summed E-state index contributed by atoms with van der Waals surface area (Å²) in [6.45, 7) is 7.99. The van der Waals surface area contributed by atoms with E-state index in [1.807, 2.05) is 35.2 Å². The molecule has 2 fully saturated rings. The van der Waals surface area contributed by atoms with Gasteiger partial charge in [-0.1, -0.05) is 23.9 Å². The number of nitrogens with zero attached hydrogens (tertiary/aromatic N) is 3. The second-order valence-corrected chi connectivity index (χ2v) is 9.57. The van der Waals surface area contributed by atoms with Crippen molar-refractivity contribution < 1.29 is 18.8 Å². The van der Waals surface area contributed by atoms with E-state index >= 15 is 0 Å². The monoisotopic (exact) mass is 480 g/mol. The fraction of sp³-hybridized carbons (Fsp3) is 0.360. The van der Waals surface area contributed by atoms with Gasteiger partial charge in [-0.05, 0) is 59.7 Å². The van der Waals surface area contributed by atoms with Gasteiger partial charge >= 0.3 is 0 Å². The van der Waals surface area contributed by atoms with Gasteiger partial charge < -0.3 is 23.6 Å². The van der Waals surface area contributed by atoms with Crippen LogP contribution in [-0.2, 0) is 11.3 Å². The van der Waals surface area contributed by atoms with Crippen LogP contribution in [0.15, 0.2) is 58.5 Å². The molecule has 178 valence electrons. The van der Waals surface area contributed by atoms with Crippen molar-refractivity contribution >= 4 is 34.6 Å². The van der Waals surface area contributed by atoms with Gasteiger partial charge in [-0.25, -0.2) is 0 Å². The van der Waals surface area contributed by atoms with E-state index in [0.29, 0.717) is 23.2 Å². The highest BCUT2D eigenvalue weighted by molar-refractivity contribution is 8.00. The second-order valence-electron chi connectivity index (χ2n) is 8.72. The zero-order chi connectivity index (χ0) is 23.7. The first-order valence-corrected chi connectivity index (χ1v) is 12.1. The lowest BCUT2D eigenvalue weighted by Gasteiger charge is -2.21. The summed E-state index contributed by atoms with van der Waals surface area (Å²) in [5.41, 5.74) is 1.79. The third kappa shape index (κ3) is 4.33. The number of fused-ring (bicyclic) bond motifs is 2. The lowest BCUT2D eigenvalue weighted by molar-refractivity contribution is -0.125. The molecule has 0 aliphatic carbocycles. The van der Waals surface area contributed by atoms with Crippen molar-refractivity contribution in [3.8, 4) is 11.5 Å². The number of benzene rings is 2. The molecule has 3 heterocycles. The smallest absolute Gasteiger partial charge is 0.245 e. The third-order valence-corrected chi connectivity index (χ3v) is 7.45. The summed E-state index contributed by atoms with van der Waals surface area (Å²) in [6.07, 6.45) is 1.41. The van der Waals surface area contributed by atoms with Crippen molar-refractivity contribution in [2.75, 3.05) is 45.1 Å². The molecule has 5 rings (SSSR count). The minimum absolute atomic E-state index is 0.0368. The van der Waals surface area contributed by atoms with Crippen LogP contribution in [0.25, 0.3) is 11.0 Å². The SMILES string of the molecule is C=CC(=O)N1CC2CN(Cc3cc(OC)c4c(NSc5ccccc5OC)noc4c3)CC2C1. The number of likely N-dealkylation sites (tertiary alicyclic amines) is 2. The van der Waals surface area contributed by atoms with E-state index in [0.717, 1.165) is 60.1 Å². The molecule has 2 aromatic carbocycles. The number of aromatic nitrogens is 1. The van der Waals surface area contributed by atoms with Crippen molar-refractivity contribution in [1.82, 2.24) is 15.0 Å². The molecule has 0 radical (unpaired) electrons. The lowest BCUT2D eigenvalue weighted by atomic mass is 10.0. The van der Waals surface area contributed by atoms with Gasteiger partial charge in [-0.3, -0.25) is 9.69 Å². The molecule has 34 heavy (non-hydrogen) atoms. The average Bonchev–Trinajstić information content (AvgIpc) is 3.55. The van der Waals surface area contributed by atoms with E-state index in [2.05, 4.69) is 27.4 Å². The highest BCUT2D eigenvalue weighted by Gasteiger charge is 2.40. The topological polar surface area (TPSA) is 80.1 Å². The fourth-order valence-electron chi connectivity index (χ4n) is 5.01. The summed E-state index contributed by atoms with van der Waals surface area (Å²) in [5.74, 6) is 3.19. The van der Waals surface area contributed by atoms with Crippen molar-refractivity contribution in [3.05, 3.63) is 54.6 Å². The molecular weight excluding hydrogens is 452 g/mol. The number of methoxy groups -OCH3 is 2. The molecule has 0 spiro atoms. The zero-order valence-corrected chi connectivity index (χ0v) is 20.1. The Labute approximate surface area is 203 Å². The summed E-state index contributed by atoms with van der Waals surface area (Å²) in [4.78, 5) is 17.2. The molecule has 3 aromatic rings. The van der Waals surface area contributed by atoms with Crippen LogP contribution in [0.1, 0.15) is 5.56 Å².